The summed E-state index contributed by atoms with van der Waals surface area (Å²) in [7, 11) is 3.18. The van der Waals surface area contributed by atoms with Gasteiger partial charge < -0.3 is 14.8 Å². The van der Waals surface area contributed by atoms with Gasteiger partial charge in [0.2, 0.25) is 0 Å². The molecule has 0 aromatic heterocycles. The monoisotopic (exact) mass is 253 g/mol. The molecule has 1 N–H and O–H groups in total. The Morgan fingerprint density at radius 2 is 2.00 bits per heavy atom. The largest absolute Gasteiger partial charge is 0.496 e. The van der Waals surface area contributed by atoms with Gasteiger partial charge in [0, 0.05) is 22.7 Å². The van der Waals surface area contributed by atoms with Crippen molar-refractivity contribution in [1.29, 1.82) is 0 Å². The summed E-state index contributed by atoms with van der Waals surface area (Å²) < 4.78 is 23.7. The molecule has 18 heavy (non-hydrogen) atoms. The van der Waals surface area contributed by atoms with Gasteiger partial charge in [0.1, 0.15) is 18.2 Å². The van der Waals surface area contributed by atoms with E-state index in [0.29, 0.717) is 11.3 Å². The van der Waals surface area contributed by atoms with Crippen LogP contribution in [-0.4, -0.2) is 20.8 Å². The fourth-order valence-electron chi connectivity index (χ4n) is 2.63. The van der Waals surface area contributed by atoms with Gasteiger partial charge in [-0.15, -0.1) is 0 Å². The number of alkyl halides is 1. The molecule has 100 valence electrons. The first-order valence-electron chi connectivity index (χ1n) is 6.21. The minimum Gasteiger partial charge on any atom is -0.496 e. The number of ether oxygens (including phenoxy) is 2. The molecule has 0 spiro atoms. The molecular weight excluding hydrogens is 233 g/mol. The molecule has 2 rings (SSSR count). The molecule has 1 heterocycles. The topological polar surface area (TPSA) is 30.5 Å². The summed E-state index contributed by atoms with van der Waals surface area (Å²) in [6, 6.07) is 3.63. The second kappa shape index (κ2) is 5.14. The average Bonchev–Trinajstić information content (AvgIpc) is 2.85. The molecule has 1 atom stereocenters. The van der Waals surface area contributed by atoms with Crippen LogP contribution in [0.25, 0.3) is 0 Å². The highest BCUT2D eigenvalue weighted by atomic mass is 19.1. The van der Waals surface area contributed by atoms with Crippen LogP contribution in [0.2, 0.25) is 0 Å². The minimum absolute atomic E-state index is 0.137. The van der Waals surface area contributed by atoms with E-state index in [9.17, 15) is 4.39 Å². The maximum atomic E-state index is 13.1. The molecule has 1 saturated heterocycles. The molecule has 1 unspecified atom stereocenters. The zero-order chi connectivity index (χ0) is 13.2. The van der Waals surface area contributed by atoms with Crippen LogP contribution < -0.4 is 14.8 Å². The smallest absolute Gasteiger partial charge is 0.128 e. The maximum absolute atomic E-state index is 13.1. The Labute approximate surface area is 107 Å². The van der Waals surface area contributed by atoms with Gasteiger partial charge in [-0.2, -0.15) is 0 Å². The molecule has 0 radical (unpaired) electrons. The Kier molecular flexibility index (Phi) is 3.76. The van der Waals surface area contributed by atoms with Crippen LogP contribution >= 0.6 is 0 Å². The first-order valence-corrected chi connectivity index (χ1v) is 6.21. The van der Waals surface area contributed by atoms with Gasteiger partial charge in [0.15, 0.2) is 0 Å². The number of methoxy groups -OCH3 is 2. The van der Waals surface area contributed by atoms with Crippen LogP contribution in [0, 0.1) is 0 Å². The van der Waals surface area contributed by atoms with Crippen LogP contribution in [0.1, 0.15) is 30.9 Å². The number of hydrogen-bond acceptors (Lipinski definition) is 3. The van der Waals surface area contributed by atoms with Crippen LogP contribution in [-0.2, 0) is 12.2 Å². The van der Waals surface area contributed by atoms with E-state index < -0.39 is 6.67 Å². The van der Waals surface area contributed by atoms with E-state index in [1.165, 1.54) is 0 Å². The summed E-state index contributed by atoms with van der Waals surface area (Å²) in [5.74, 6) is 1.29. The summed E-state index contributed by atoms with van der Waals surface area (Å²) in [5, 5.41) is 3.47. The minimum atomic E-state index is -0.532. The Bertz CT molecular complexity index is 428. The van der Waals surface area contributed by atoms with E-state index in [2.05, 4.69) is 12.2 Å². The summed E-state index contributed by atoms with van der Waals surface area (Å²) in [6.45, 7) is 2.58. The Hall–Kier alpha value is -1.29. The van der Waals surface area contributed by atoms with Crippen LogP contribution in [0.5, 0.6) is 11.5 Å². The average molecular weight is 253 g/mol. The van der Waals surface area contributed by atoms with Crippen molar-refractivity contribution >= 4 is 0 Å². The van der Waals surface area contributed by atoms with Gasteiger partial charge in [-0.05, 0) is 32.4 Å². The van der Waals surface area contributed by atoms with Gasteiger partial charge in [-0.3, -0.25) is 0 Å². The zero-order valence-electron chi connectivity index (χ0n) is 11.2. The van der Waals surface area contributed by atoms with E-state index in [4.69, 9.17) is 9.47 Å². The lowest BCUT2D eigenvalue weighted by Crippen LogP contribution is -2.33. The summed E-state index contributed by atoms with van der Waals surface area (Å²) in [5.41, 5.74) is 1.45. The molecule has 3 nitrogen and oxygen atoms in total. The van der Waals surface area contributed by atoms with Crippen molar-refractivity contribution in [3.05, 3.63) is 23.3 Å². The Morgan fingerprint density at radius 1 is 1.28 bits per heavy atom. The van der Waals surface area contributed by atoms with Gasteiger partial charge in [0.05, 0.1) is 14.2 Å². The van der Waals surface area contributed by atoms with Gasteiger partial charge in [-0.1, -0.05) is 0 Å². The second-order valence-electron chi connectivity index (χ2n) is 4.86. The van der Waals surface area contributed by atoms with E-state index in [1.807, 2.05) is 6.07 Å². The van der Waals surface area contributed by atoms with Gasteiger partial charge >= 0.3 is 0 Å². The summed E-state index contributed by atoms with van der Waals surface area (Å²) >= 11 is 0. The Balaban J connectivity index is 2.51. The molecule has 0 aliphatic carbocycles. The molecule has 4 heteroatoms. The normalized spacial score (nSPS) is 23.1. The van der Waals surface area contributed by atoms with Gasteiger partial charge in [-0.25, -0.2) is 4.39 Å². The van der Waals surface area contributed by atoms with E-state index in [-0.39, 0.29) is 5.54 Å². The van der Waals surface area contributed by atoms with Crippen molar-refractivity contribution < 1.29 is 13.9 Å². The number of halogens is 1. The van der Waals surface area contributed by atoms with Crippen molar-refractivity contribution in [2.45, 2.75) is 32.0 Å². The molecule has 1 aliphatic rings. The quantitative estimate of drug-likeness (QED) is 0.895. The molecule has 1 fully saturated rings. The van der Waals surface area contributed by atoms with Crippen molar-refractivity contribution in [2.75, 3.05) is 20.8 Å². The van der Waals surface area contributed by atoms with E-state index in [0.717, 1.165) is 30.7 Å². The van der Waals surface area contributed by atoms with Gasteiger partial charge in [0.25, 0.3) is 0 Å². The predicted molar refractivity (Wildman–Crippen MR) is 68.9 cm³/mol. The molecule has 1 aliphatic heterocycles. The molecule has 0 amide bonds. The highest BCUT2D eigenvalue weighted by Gasteiger charge is 2.33. The highest BCUT2D eigenvalue weighted by Crippen LogP contribution is 2.40. The summed E-state index contributed by atoms with van der Waals surface area (Å²) in [4.78, 5) is 0. The lowest BCUT2D eigenvalue weighted by molar-refractivity contribution is 0.357. The standard InChI is InChI=1S/C14H20FNO2/c1-14(5-4-6-16-14)11-7-10(9-15)12(17-2)8-13(11)18-3/h7-8,16H,4-6,9H2,1-3H3. The SMILES string of the molecule is COc1cc(OC)c(C2(C)CCCN2)cc1CF. The highest BCUT2D eigenvalue weighted by molar-refractivity contribution is 5.49. The Morgan fingerprint density at radius 3 is 2.50 bits per heavy atom. The molecule has 1 aromatic rings. The summed E-state index contributed by atoms with van der Waals surface area (Å²) in [6.07, 6.45) is 2.15. The van der Waals surface area contributed by atoms with Crippen LogP contribution in [0.3, 0.4) is 0 Å². The third-order valence-electron chi connectivity index (χ3n) is 3.71. The van der Waals surface area contributed by atoms with Crippen molar-refractivity contribution in [3.8, 4) is 11.5 Å². The van der Waals surface area contributed by atoms with Crippen molar-refractivity contribution in [2.24, 2.45) is 0 Å². The third-order valence-corrected chi connectivity index (χ3v) is 3.71. The van der Waals surface area contributed by atoms with E-state index >= 15 is 0 Å². The zero-order valence-corrected chi connectivity index (χ0v) is 11.2. The fraction of sp³-hybridized carbons (Fsp3) is 0.571. The number of nitrogens with one attached hydrogen (secondary N) is 1. The molecule has 0 saturated carbocycles. The molecule has 0 bridgehead atoms. The first-order chi connectivity index (χ1) is 8.64. The first kappa shape index (κ1) is 13.1. The van der Waals surface area contributed by atoms with Crippen molar-refractivity contribution in [3.63, 3.8) is 0 Å². The van der Waals surface area contributed by atoms with E-state index in [1.54, 1.807) is 20.3 Å². The lowest BCUT2D eigenvalue weighted by atomic mass is 9.88. The third kappa shape index (κ3) is 2.17. The second-order valence-corrected chi connectivity index (χ2v) is 4.86. The molecular formula is C14H20FNO2. The number of rotatable bonds is 4. The van der Waals surface area contributed by atoms with Crippen molar-refractivity contribution in [1.82, 2.24) is 5.32 Å². The number of hydrogen-bond donors (Lipinski definition) is 1. The lowest BCUT2D eigenvalue weighted by Gasteiger charge is -2.28. The van der Waals surface area contributed by atoms with Crippen LogP contribution in [0.4, 0.5) is 4.39 Å². The number of benzene rings is 1. The fourth-order valence-corrected chi connectivity index (χ4v) is 2.63. The predicted octanol–water partition coefficient (Wildman–Crippen LogP) is 2.77. The maximum Gasteiger partial charge on any atom is 0.128 e. The molecule has 1 aromatic carbocycles. The van der Waals surface area contributed by atoms with Crippen LogP contribution in [0.15, 0.2) is 12.1 Å².